The zero-order valence-corrected chi connectivity index (χ0v) is 17.3. The smallest absolute Gasteiger partial charge is 0.413 e. The van der Waals surface area contributed by atoms with Gasteiger partial charge in [-0.3, -0.25) is 25.2 Å². The van der Waals surface area contributed by atoms with E-state index in [0.29, 0.717) is 0 Å². The van der Waals surface area contributed by atoms with Crippen LogP contribution in [0.15, 0.2) is 53.4 Å². The van der Waals surface area contributed by atoms with Gasteiger partial charge in [-0.25, -0.2) is 13.2 Å². The van der Waals surface area contributed by atoms with Crippen LogP contribution in [0, 0.1) is 0 Å². The van der Waals surface area contributed by atoms with Gasteiger partial charge in [-0.15, -0.1) is 0 Å². The monoisotopic (exact) mass is 492 g/mol. The molecule has 0 saturated carbocycles. The maximum absolute atomic E-state index is 13.4. The van der Waals surface area contributed by atoms with E-state index in [1.165, 1.54) is 36.6 Å². The molecule has 2 aromatic rings. The number of sulfonamides is 1. The van der Waals surface area contributed by atoms with E-state index in [0.717, 1.165) is 24.3 Å². The molecule has 2 aromatic carbocycles. The number of amides is 2. The Bertz CT molecular complexity index is 1170. The Morgan fingerprint density at radius 3 is 2.00 bits per heavy atom. The molecule has 0 spiro atoms. The average molecular weight is 492 g/mol. The van der Waals surface area contributed by atoms with Crippen LogP contribution < -0.4 is 20.9 Å². The quantitative estimate of drug-likeness (QED) is 0.266. The lowest BCUT2D eigenvalue weighted by molar-refractivity contribution is -0.222. The second-order valence-electron chi connectivity index (χ2n) is 6.42. The van der Waals surface area contributed by atoms with Crippen LogP contribution in [0.1, 0.15) is 6.92 Å². The number of nitrogens with one attached hydrogen (secondary N) is 4. The highest BCUT2D eigenvalue weighted by atomic mass is 32.2. The van der Waals surface area contributed by atoms with Crippen molar-refractivity contribution in [1.29, 1.82) is 0 Å². The van der Waals surface area contributed by atoms with Gasteiger partial charge in [0.1, 0.15) is 0 Å². The largest absolute Gasteiger partial charge is 0.477 e. The van der Waals surface area contributed by atoms with Crippen LogP contribution in [0.2, 0.25) is 0 Å². The van der Waals surface area contributed by atoms with E-state index < -0.39 is 39.7 Å². The zero-order valence-electron chi connectivity index (χ0n) is 16.5. The van der Waals surface area contributed by atoms with Crippen LogP contribution in [0.5, 0.6) is 0 Å². The van der Waals surface area contributed by atoms with Gasteiger partial charge < -0.3 is 10.4 Å². The molecule has 0 bridgehead atoms. The van der Waals surface area contributed by atoms with Gasteiger partial charge in [0, 0.05) is 18.3 Å². The van der Waals surface area contributed by atoms with Gasteiger partial charge >= 0.3 is 23.7 Å². The van der Waals surface area contributed by atoms with Gasteiger partial charge in [-0.05, 0) is 42.5 Å². The Balaban J connectivity index is 2.06. The molecule has 0 unspecified atom stereocenters. The first kappa shape index (κ1) is 25.4. The Hall–Kier alpha value is -3.88. The van der Waals surface area contributed by atoms with Crippen LogP contribution in [0.3, 0.4) is 0 Å². The third kappa shape index (κ3) is 5.88. The molecule has 178 valence electrons. The van der Waals surface area contributed by atoms with E-state index in [2.05, 4.69) is 10.0 Å². The second kappa shape index (κ2) is 9.32. The molecular weight excluding hydrogens is 476 g/mol. The van der Waals surface area contributed by atoms with Crippen molar-refractivity contribution < 1.29 is 45.5 Å². The number of anilines is 3. The van der Waals surface area contributed by atoms with Crippen molar-refractivity contribution in [3.05, 3.63) is 48.5 Å². The summed E-state index contributed by atoms with van der Waals surface area (Å²) in [7, 11) is -4.08. The van der Waals surface area contributed by atoms with Gasteiger partial charge in [-0.1, -0.05) is 6.07 Å². The topological polar surface area (TPSA) is 154 Å². The third-order valence-corrected chi connectivity index (χ3v) is 5.25. The summed E-state index contributed by atoms with van der Waals surface area (Å²) in [5.41, 5.74) is 3.28. The Morgan fingerprint density at radius 1 is 0.879 bits per heavy atom. The van der Waals surface area contributed by atoms with Crippen molar-refractivity contribution in [2.45, 2.75) is 23.7 Å². The van der Waals surface area contributed by atoms with E-state index in [4.69, 9.17) is 5.11 Å². The number of rotatable bonds is 9. The van der Waals surface area contributed by atoms with Crippen LogP contribution in [0.4, 0.5) is 34.6 Å². The van der Waals surface area contributed by atoms with Gasteiger partial charge in [0.15, 0.2) is 0 Å². The summed E-state index contributed by atoms with van der Waals surface area (Å²) in [6.07, 6.45) is 0. The number of hydrogen-bond donors (Lipinski definition) is 5. The number of hydrazine groups is 1. The molecule has 0 fully saturated rings. The summed E-state index contributed by atoms with van der Waals surface area (Å²) in [6, 6.07) is 9.90. The van der Waals surface area contributed by atoms with E-state index in [1.807, 2.05) is 5.43 Å². The fraction of sp³-hybridized carbons (Fsp3) is 0.167. The summed E-state index contributed by atoms with van der Waals surface area (Å²) < 4.78 is 80.0. The first-order chi connectivity index (χ1) is 15.2. The lowest BCUT2D eigenvalue weighted by Crippen LogP contribution is -2.57. The number of carbonyl (C=O) groups is 3. The van der Waals surface area contributed by atoms with Crippen molar-refractivity contribution in [2.24, 2.45) is 0 Å². The van der Waals surface area contributed by atoms with E-state index in [9.17, 15) is 40.4 Å². The summed E-state index contributed by atoms with van der Waals surface area (Å²) in [4.78, 5) is 32.5. The molecule has 15 heteroatoms. The maximum atomic E-state index is 13.4. The highest BCUT2D eigenvalue weighted by Gasteiger charge is 2.67. The number of hydrogen-bond acceptors (Lipinski definition) is 6. The first-order valence-corrected chi connectivity index (χ1v) is 10.2. The molecule has 0 radical (unpaired) electrons. The SMILES string of the molecule is CC(=O)Nc1cccc(S(=O)(=O)Nc2ccc(NNC(=O)C(F)(F)C(F)(F)C(=O)O)cc2)c1. The van der Waals surface area contributed by atoms with Crippen molar-refractivity contribution in [3.8, 4) is 0 Å². The minimum Gasteiger partial charge on any atom is -0.477 e. The second-order valence-corrected chi connectivity index (χ2v) is 8.11. The maximum Gasteiger partial charge on any atom is 0.413 e. The van der Waals surface area contributed by atoms with Crippen molar-refractivity contribution >= 4 is 44.9 Å². The molecule has 0 aliphatic heterocycles. The number of carboxylic acids is 1. The highest BCUT2D eigenvalue weighted by molar-refractivity contribution is 7.92. The normalized spacial score (nSPS) is 11.9. The minimum atomic E-state index is -5.64. The van der Waals surface area contributed by atoms with Gasteiger partial charge in [-0.2, -0.15) is 17.6 Å². The summed E-state index contributed by atoms with van der Waals surface area (Å²) in [5, 5.41) is 10.6. The zero-order chi connectivity index (χ0) is 25.0. The molecule has 0 atom stereocenters. The molecule has 0 heterocycles. The predicted octanol–water partition coefficient (Wildman–Crippen LogP) is 2.24. The Labute approximate surface area is 184 Å². The van der Waals surface area contributed by atoms with Crippen LogP contribution in [-0.4, -0.2) is 43.2 Å². The number of benzene rings is 2. The first-order valence-electron chi connectivity index (χ1n) is 8.73. The van der Waals surface area contributed by atoms with E-state index in [1.54, 1.807) is 0 Å². The predicted molar refractivity (Wildman–Crippen MR) is 107 cm³/mol. The molecule has 10 nitrogen and oxygen atoms in total. The van der Waals surface area contributed by atoms with Crippen molar-refractivity contribution in [1.82, 2.24) is 5.43 Å². The Morgan fingerprint density at radius 2 is 1.45 bits per heavy atom. The number of alkyl halides is 4. The molecule has 0 aromatic heterocycles. The van der Waals surface area contributed by atoms with Crippen LogP contribution >= 0.6 is 0 Å². The molecule has 33 heavy (non-hydrogen) atoms. The van der Waals surface area contributed by atoms with Gasteiger partial charge in [0.25, 0.3) is 10.0 Å². The van der Waals surface area contributed by atoms with Crippen molar-refractivity contribution in [2.75, 3.05) is 15.5 Å². The molecule has 2 amide bonds. The molecule has 0 aliphatic carbocycles. The van der Waals surface area contributed by atoms with Gasteiger partial charge in [0.2, 0.25) is 5.91 Å². The van der Waals surface area contributed by atoms with Crippen LogP contribution in [-0.2, 0) is 24.4 Å². The van der Waals surface area contributed by atoms with E-state index in [-0.39, 0.29) is 22.0 Å². The lowest BCUT2D eigenvalue weighted by atomic mass is 10.1. The fourth-order valence-electron chi connectivity index (χ4n) is 2.26. The average Bonchev–Trinajstić information content (AvgIpc) is 2.72. The Kier molecular flexibility index (Phi) is 7.16. The summed E-state index contributed by atoms with van der Waals surface area (Å²) in [5.74, 6) is -17.4. The number of aliphatic carboxylic acids is 1. The molecule has 0 aliphatic rings. The van der Waals surface area contributed by atoms with Crippen molar-refractivity contribution in [3.63, 3.8) is 0 Å². The lowest BCUT2D eigenvalue weighted by Gasteiger charge is -2.22. The number of halogens is 4. The standard InChI is InChI=1S/C18H16F4N4O6S/c1-10(27)23-13-3-2-4-14(9-13)33(31,32)26-12-7-5-11(6-8-12)24-25-15(28)17(19,20)18(21,22)16(29)30/h2-9,24,26H,1H3,(H,23,27)(H,25,28)(H,29,30). The number of carboxylic acid groups (broad SMARTS) is 1. The fourth-order valence-corrected chi connectivity index (χ4v) is 3.37. The third-order valence-electron chi connectivity index (χ3n) is 3.87. The summed E-state index contributed by atoms with van der Waals surface area (Å²) in [6.45, 7) is 1.25. The summed E-state index contributed by atoms with van der Waals surface area (Å²) >= 11 is 0. The molecule has 5 N–H and O–H groups in total. The van der Waals surface area contributed by atoms with E-state index >= 15 is 0 Å². The molecular formula is C18H16F4N4O6S. The minimum absolute atomic E-state index is 0.0135. The molecule has 0 saturated heterocycles. The van der Waals surface area contributed by atoms with Gasteiger partial charge in [0.05, 0.1) is 10.6 Å². The van der Waals surface area contributed by atoms with Crippen LogP contribution in [0.25, 0.3) is 0 Å². The highest BCUT2D eigenvalue weighted by Crippen LogP contribution is 2.34. The molecule has 2 rings (SSSR count). The number of carbonyl (C=O) groups excluding carboxylic acids is 2.